The second-order valence-electron chi connectivity index (χ2n) is 5.53. The fraction of sp³-hybridized carbons (Fsp3) is 0.235. The summed E-state index contributed by atoms with van der Waals surface area (Å²) < 4.78 is 29.9. The molecule has 6 heteroatoms. The van der Waals surface area contributed by atoms with E-state index in [4.69, 9.17) is 4.18 Å². The Bertz CT molecular complexity index is 841. The van der Waals surface area contributed by atoms with E-state index in [0.29, 0.717) is 5.69 Å². The van der Waals surface area contributed by atoms with Gasteiger partial charge in [-0.1, -0.05) is 6.07 Å². The molecular weight excluding hydrogens is 314 g/mol. The van der Waals surface area contributed by atoms with E-state index in [9.17, 15) is 13.2 Å². The van der Waals surface area contributed by atoms with Gasteiger partial charge in [0, 0.05) is 12.6 Å². The normalized spacial score (nSPS) is 13.4. The molecule has 3 rings (SSSR count). The fourth-order valence-electron chi connectivity index (χ4n) is 2.68. The Kier molecular flexibility index (Phi) is 4.09. The quantitative estimate of drug-likeness (QED) is 0.874. The second-order valence-corrected chi connectivity index (χ2v) is 7.07. The molecule has 2 aromatic rings. The van der Waals surface area contributed by atoms with Crippen LogP contribution in [0.25, 0.3) is 0 Å². The molecule has 0 radical (unpaired) electrons. The van der Waals surface area contributed by atoms with Crippen molar-refractivity contribution in [3.8, 4) is 5.75 Å². The first-order valence-corrected chi connectivity index (χ1v) is 8.79. The molecule has 0 aliphatic heterocycles. The van der Waals surface area contributed by atoms with Crippen molar-refractivity contribution in [2.24, 2.45) is 0 Å². The van der Waals surface area contributed by atoms with Crippen LogP contribution in [0.1, 0.15) is 24.5 Å². The summed E-state index contributed by atoms with van der Waals surface area (Å²) in [5.74, 6) is 0.0176. The van der Waals surface area contributed by atoms with Gasteiger partial charge in [-0.2, -0.15) is 8.42 Å². The number of carbonyl (C=O) groups excluding carboxylic acids is 1. The number of hydrogen-bond donors (Lipinski definition) is 1. The minimum atomic E-state index is -3.86. The van der Waals surface area contributed by atoms with Gasteiger partial charge < -0.3 is 9.50 Å². The zero-order valence-electron chi connectivity index (χ0n) is 12.7. The van der Waals surface area contributed by atoms with Gasteiger partial charge in [0.1, 0.15) is 10.6 Å². The zero-order chi connectivity index (χ0) is 16.4. The maximum Gasteiger partial charge on any atom is 0.339 e. The molecule has 0 bridgehead atoms. The maximum atomic E-state index is 12.4. The molecule has 0 atom stereocenters. The summed E-state index contributed by atoms with van der Waals surface area (Å²) in [6.45, 7) is 1.41. The van der Waals surface area contributed by atoms with Crippen LogP contribution in [0.3, 0.4) is 0 Å². The highest BCUT2D eigenvalue weighted by Crippen LogP contribution is 2.26. The lowest BCUT2D eigenvalue weighted by Gasteiger charge is -2.09. The van der Waals surface area contributed by atoms with Gasteiger partial charge in [0.25, 0.3) is 0 Å². The predicted octanol–water partition coefficient (Wildman–Crippen LogP) is 2.90. The number of carbonyl (C=O) groups is 1. The van der Waals surface area contributed by atoms with Crippen LogP contribution < -0.4 is 9.50 Å². The van der Waals surface area contributed by atoms with Gasteiger partial charge in [-0.3, -0.25) is 4.79 Å². The summed E-state index contributed by atoms with van der Waals surface area (Å²) in [5.41, 5.74) is 2.87. The van der Waals surface area contributed by atoms with Gasteiger partial charge in [0.05, 0.1) is 0 Å². The maximum absolute atomic E-state index is 12.4. The summed E-state index contributed by atoms with van der Waals surface area (Å²) in [6, 6.07) is 11.4. The summed E-state index contributed by atoms with van der Waals surface area (Å²) in [7, 11) is -3.86. The van der Waals surface area contributed by atoms with Crippen molar-refractivity contribution < 1.29 is 17.4 Å². The van der Waals surface area contributed by atoms with Crippen molar-refractivity contribution in [1.82, 2.24) is 0 Å². The Morgan fingerprint density at radius 2 is 1.74 bits per heavy atom. The van der Waals surface area contributed by atoms with E-state index in [0.717, 1.165) is 24.8 Å². The number of benzene rings is 2. The average molecular weight is 331 g/mol. The second kappa shape index (κ2) is 6.04. The van der Waals surface area contributed by atoms with Crippen LogP contribution in [-0.4, -0.2) is 14.3 Å². The first-order valence-electron chi connectivity index (χ1n) is 7.38. The minimum Gasteiger partial charge on any atom is -0.379 e. The molecule has 1 amide bonds. The molecule has 0 saturated carbocycles. The van der Waals surface area contributed by atoms with E-state index in [2.05, 4.69) is 5.32 Å². The van der Waals surface area contributed by atoms with E-state index in [1.807, 2.05) is 6.07 Å². The average Bonchev–Trinajstić information content (AvgIpc) is 2.96. The smallest absolute Gasteiger partial charge is 0.339 e. The Morgan fingerprint density at radius 1 is 1.04 bits per heavy atom. The van der Waals surface area contributed by atoms with Crippen molar-refractivity contribution in [2.45, 2.75) is 31.1 Å². The standard InChI is InChI=1S/C17H17NO4S/c1-12(19)18-15-6-8-16(9-7-15)22-23(20,21)17-10-5-13-3-2-4-14(13)11-17/h5-11H,2-4H2,1H3,(H,18,19). The van der Waals surface area contributed by atoms with Gasteiger partial charge in [0.15, 0.2) is 0 Å². The van der Waals surface area contributed by atoms with Crippen LogP contribution in [0, 0.1) is 0 Å². The summed E-state index contributed by atoms with van der Waals surface area (Å²) in [5, 5.41) is 2.61. The summed E-state index contributed by atoms with van der Waals surface area (Å²) >= 11 is 0. The Hall–Kier alpha value is -2.34. The minimum absolute atomic E-state index is 0.170. The van der Waals surface area contributed by atoms with Crippen LogP contribution in [0.4, 0.5) is 5.69 Å². The van der Waals surface area contributed by atoms with E-state index in [1.165, 1.54) is 24.6 Å². The Labute approximate surface area is 135 Å². The third kappa shape index (κ3) is 3.53. The lowest BCUT2D eigenvalue weighted by Crippen LogP contribution is -2.10. The number of rotatable bonds is 4. The van der Waals surface area contributed by atoms with Crippen LogP contribution in [-0.2, 0) is 27.8 Å². The lowest BCUT2D eigenvalue weighted by molar-refractivity contribution is -0.114. The monoisotopic (exact) mass is 331 g/mol. The number of hydrogen-bond acceptors (Lipinski definition) is 4. The molecule has 1 aliphatic carbocycles. The largest absolute Gasteiger partial charge is 0.379 e. The van der Waals surface area contributed by atoms with Crippen LogP contribution in [0.5, 0.6) is 5.75 Å². The highest BCUT2D eigenvalue weighted by Gasteiger charge is 2.20. The topological polar surface area (TPSA) is 72.5 Å². The van der Waals surface area contributed by atoms with Crippen LogP contribution in [0.2, 0.25) is 0 Å². The van der Waals surface area contributed by atoms with E-state index < -0.39 is 10.1 Å². The molecule has 0 spiro atoms. The predicted molar refractivity (Wildman–Crippen MR) is 87.0 cm³/mol. The van der Waals surface area contributed by atoms with Gasteiger partial charge in [0.2, 0.25) is 5.91 Å². The Balaban J connectivity index is 1.79. The van der Waals surface area contributed by atoms with Crippen molar-refractivity contribution in [2.75, 3.05) is 5.32 Å². The molecule has 120 valence electrons. The molecular formula is C17H17NO4S. The van der Waals surface area contributed by atoms with Crippen LogP contribution in [0.15, 0.2) is 47.4 Å². The molecule has 0 fully saturated rings. The summed E-state index contributed by atoms with van der Waals surface area (Å²) in [6.07, 6.45) is 2.97. The molecule has 23 heavy (non-hydrogen) atoms. The fourth-order valence-corrected chi connectivity index (χ4v) is 3.66. The van der Waals surface area contributed by atoms with E-state index in [1.54, 1.807) is 24.3 Å². The molecule has 0 saturated heterocycles. The molecule has 0 aromatic heterocycles. The van der Waals surface area contributed by atoms with Gasteiger partial charge in [-0.25, -0.2) is 0 Å². The number of fused-ring (bicyclic) bond motifs is 1. The van der Waals surface area contributed by atoms with Gasteiger partial charge in [-0.05, 0) is 66.8 Å². The molecule has 1 aliphatic rings. The number of nitrogens with one attached hydrogen (secondary N) is 1. The van der Waals surface area contributed by atoms with Crippen molar-refractivity contribution in [3.63, 3.8) is 0 Å². The highest BCUT2D eigenvalue weighted by molar-refractivity contribution is 7.87. The molecule has 0 heterocycles. The number of amides is 1. The zero-order valence-corrected chi connectivity index (χ0v) is 13.5. The van der Waals surface area contributed by atoms with Crippen molar-refractivity contribution >= 4 is 21.7 Å². The molecule has 2 aromatic carbocycles. The van der Waals surface area contributed by atoms with E-state index in [-0.39, 0.29) is 16.6 Å². The molecule has 1 N–H and O–H groups in total. The third-order valence-electron chi connectivity index (χ3n) is 3.74. The van der Waals surface area contributed by atoms with Crippen molar-refractivity contribution in [3.05, 3.63) is 53.6 Å². The lowest BCUT2D eigenvalue weighted by atomic mass is 10.1. The Morgan fingerprint density at radius 3 is 2.43 bits per heavy atom. The van der Waals surface area contributed by atoms with Gasteiger partial charge in [-0.15, -0.1) is 0 Å². The molecule has 0 unspecified atom stereocenters. The van der Waals surface area contributed by atoms with Crippen molar-refractivity contribution in [1.29, 1.82) is 0 Å². The number of anilines is 1. The third-order valence-corrected chi connectivity index (χ3v) is 4.98. The highest BCUT2D eigenvalue weighted by atomic mass is 32.2. The first-order chi connectivity index (χ1) is 10.9. The van der Waals surface area contributed by atoms with E-state index >= 15 is 0 Å². The van der Waals surface area contributed by atoms with Crippen LogP contribution >= 0.6 is 0 Å². The molecule has 5 nitrogen and oxygen atoms in total. The summed E-state index contributed by atoms with van der Waals surface area (Å²) in [4.78, 5) is 11.1. The first kappa shape index (κ1) is 15.6. The SMILES string of the molecule is CC(=O)Nc1ccc(OS(=O)(=O)c2ccc3c(c2)CCC3)cc1. The number of aryl methyl sites for hydroxylation is 2. The van der Waals surface area contributed by atoms with Gasteiger partial charge >= 0.3 is 10.1 Å².